The van der Waals surface area contributed by atoms with Crippen LogP contribution in [0, 0.1) is 0 Å². The average Bonchev–Trinajstić information content (AvgIpc) is 2.80. The Balaban J connectivity index is 1.63. The van der Waals surface area contributed by atoms with Gasteiger partial charge in [-0.3, -0.25) is 9.59 Å². The first-order chi connectivity index (χ1) is 12.5. The lowest BCUT2D eigenvalue weighted by molar-refractivity contribution is -0.123. The number of rotatable bonds is 5. The van der Waals surface area contributed by atoms with Gasteiger partial charge in [-0.1, -0.05) is 30.3 Å². The number of carbonyl (C=O) groups excluding carboxylic acids is 2. The number of hydrogen-bond donors (Lipinski definition) is 1. The molecule has 1 heterocycles. The van der Waals surface area contributed by atoms with E-state index in [1.54, 1.807) is 4.90 Å². The number of carbonyl (C=O) groups is 2. The van der Waals surface area contributed by atoms with Crippen LogP contribution in [0.2, 0.25) is 0 Å². The summed E-state index contributed by atoms with van der Waals surface area (Å²) in [6.07, 6.45) is 2.18. The lowest BCUT2D eigenvalue weighted by Crippen LogP contribution is -2.40. The summed E-state index contributed by atoms with van der Waals surface area (Å²) in [5.41, 5.74) is 4.14. The van der Waals surface area contributed by atoms with E-state index >= 15 is 0 Å². The van der Waals surface area contributed by atoms with Crippen LogP contribution in [0.25, 0.3) is 0 Å². The van der Waals surface area contributed by atoms with Gasteiger partial charge in [0.05, 0.1) is 0 Å². The molecular formula is C21H25N3O2. The topological polar surface area (TPSA) is 52.7 Å². The molecule has 3 rings (SSSR count). The van der Waals surface area contributed by atoms with Crippen LogP contribution < -0.4 is 15.1 Å². The summed E-state index contributed by atoms with van der Waals surface area (Å²) in [6, 6.07) is 15.9. The highest BCUT2D eigenvalue weighted by atomic mass is 16.2. The number of hydrogen-bond acceptors (Lipinski definition) is 3. The molecule has 5 heteroatoms. The zero-order valence-electron chi connectivity index (χ0n) is 15.4. The van der Waals surface area contributed by atoms with E-state index in [-0.39, 0.29) is 18.4 Å². The van der Waals surface area contributed by atoms with Gasteiger partial charge in [0, 0.05) is 38.4 Å². The Hall–Kier alpha value is -2.82. The van der Waals surface area contributed by atoms with Crippen LogP contribution in [0.1, 0.15) is 24.0 Å². The van der Waals surface area contributed by atoms with E-state index in [1.165, 1.54) is 0 Å². The van der Waals surface area contributed by atoms with E-state index in [0.717, 1.165) is 35.3 Å². The number of nitrogens with one attached hydrogen (secondary N) is 1. The number of aryl methyl sites for hydroxylation is 1. The fourth-order valence-electron chi connectivity index (χ4n) is 3.17. The molecule has 136 valence electrons. The third-order valence-corrected chi connectivity index (χ3v) is 4.66. The summed E-state index contributed by atoms with van der Waals surface area (Å²) in [5.74, 6) is -0.132. The second kappa shape index (κ2) is 8.04. The first-order valence-corrected chi connectivity index (χ1v) is 8.96. The molecule has 1 aliphatic heterocycles. The highest BCUT2D eigenvalue weighted by Gasteiger charge is 2.23. The van der Waals surface area contributed by atoms with E-state index in [9.17, 15) is 9.59 Å². The van der Waals surface area contributed by atoms with Crippen molar-refractivity contribution in [1.29, 1.82) is 0 Å². The van der Waals surface area contributed by atoms with Crippen molar-refractivity contribution in [2.75, 3.05) is 30.4 Å². The molecule has 0 spiro atoms. The molecule has 0 aromatic heterocycles. The van der Waals surface area contributed by atoms with Gasteiger partial charge < -0.3 is 15.1 Å². The second-order valence-corrected chi connectivity index (χ2v) is 6.80. The zero-order valence-corrected chi connectivity index (χ0v) is 15.4. The van der Waals surface area contributed by atoms with Gasteiger partial charge in [-0.15, -0.1) is 0 Å². The Labute approximate surface area is 154 Å². The van der Waals surface area contributed by atoms with Crippen molar-refractivity contribution in [2.24, 2.45) is 0 Å². The maximum absolute atomic E-state index is 12.4. The van der Waals surface area contributed by atoms with Gasteiger partial charge in [0.25, 0.3) is 0 Å². The quantitative estimate of drug-likeness (QED) is 0.901. The van der Waals surface area contributed by atoms with Crippen molar-refractivity contribution in [2.45, 2.75) is 25.8 Å². The van der Waals surface area contributed by atoms with E-state index in [4.69, 9.17) is 0 Å². The predicted molar refractivity (Wildman–Crippen MR) is 104 cm³/mol. The molecule has 0 fully saturated rings. The Morgan fingerprint density at radius 2 is 1.81 bits per heavy atom. The Morgan fingerprint density at radius 3 is 2.54 bits per heavy atom. The first kappa shape index (κ1) is 18.0. The minimum Gasteiger partial charge on any atom is -0.378 e. The highest BCUT2D eigenvalue weighted by molar-refractivity contribution is 5.99. The van der Waals surface area contributed by atoms with E-state index in [2.05, 4.69) is 5.32 Å². The van der Waals surface area contributed by atoms with Gasteiger partial charge in [0.1, 0.15) is 6.54 Å². The Kier molecular flexibility index (Phi) is 5.56. The van der Waals surface area contributed by atoms with Crippen molar-refractivity contribution in [3.63, 3.8) is 0 Å². The molecule has 2 amide bonds. The maximum atomic E-state index is 12.4. The molecule has 0 saturated heterocycles. The van der Waals surface area contributed by atoms with Crippen LogP contribution in [-0.4, -0.2) is 32.5 Å². The third-order valence-electron chi connectivity index (χ3n) is 4.66. The molecule has 2 aromatic rings. The third kappa shape index (κ3) is 4.23. The van der Waals surface area contributed by atoms with Crippen molar-refractivity contribution in [3.05, 3.63) is 59.7 Å². The molecule has 0 saturated carbocycles. The first-order valence-electron chi connectivity index (χ1n) is 8.96. The summed E-state index contributed by atoms with van der Waals surface area (Å²) >= 11 is 0. The number of benzene rings is 2. The van der Waals surface area contributed by atoms with Gasteiger partial charge in [0.15, 0.2) is 0 Å². The van der Waals surface area contributed by atoms with Crippen LogP contribution in [0.15, 0.2) is 48.5 Å². The Morgan fingerprint density at radius 1 is 1.08 bits per heavy atom. The van der Waals surface area contributed by atoms with Crippen molar-refractivity contribution < 1.29 is 9.59 Å². The van der Waals surface area contributed by atoms with Gasteiger partial charge in [-0.25, -0.2) is 0 Å². The predicted octanol–water partition coefficient (Wildman–Crippen LogP) is 2.74. The van der Waals surface area contributed by atoms with Gasteiger partial charge >= 0.3 is 0 Å². The fraction of sp³-hybridized carbons (Fsp3) is 0.333. The lowest BCUT2D eigenvalue weighted by atomic mass is 10.1. The van der Waals surface area contributed by atoms with E-state index in [1.807, 2.05) is 67.5 Å². The van der Waals surface area contributed by atoms with Crippen LogP contribution in [-0.2, 0) is 22.6 Å². The number of para-hydroxylation sites is 1. The largest absolute Gasteiger partial charge is 0.378 e. The summed E-state index contributed by atoms with van der Waals surface area (Å²) < 4.78 is 0. The van der Waals surface area contributed by atoms with Crippen molar-refractivity contribution in [3.8, 4) is 0 Å². The summed E-state index contributed by atoms with van der Waals surface area (Å²) in [7, 11) is 3.99. The average molecular weight is 351 g/mol. The van der Waals surface area contributed by atoms with Crippen LogP contribution in [0.4, 0.5) is 11.4 Å². The van der Waals surface area contributed by atoms with Crippen LogP contribution in [0.5, 0.6) is 0 Å². The fourth-order valence-corrected chi connectivity index (χ4v) is 3.17. The summed E-state index contributed by atoms with van der Waals surface area (Å²) in [6.45, 7) is 0.516. The van der Waals surface area contributed by atoms with Crippen molar-refractivity contribution >= 4 is 23.2 Å². The smallest absolute Gasteiger partial charge is 0.240 e. The SMILES string of the molecule is CN(C)c1ccc(CNC(=O)CN2C(=O)CCCc3ccccc32)cc1. The monoisotopic (exact) mass is 351 g/mol. The van der Waals surface area contributed by atoms with Gasteiger partial charge in [-0.05, 0) is 42.2 Å². The van der Waals surface area contributed by atoms with E-state index in [0.29, 0.717) is 13.0 Å². The van der Waals surface area contributed by atoms with Crippen molar-refractivity contribution in [1.82, 2.24) is 5.32 Å². The second-order valence-electron chi connectivity index (χ2n) is 6.80. The molecule has 0 bridgehead atoms. The normalized spacial score (nSPS) is 13.8. The molecule has 0 unspecified atom stereocenters. The number of fused-ring (bicyclic) bond motifs is 1. The number of anilines is 2. The molecule has 0 radical (unpaired) electrons. The summed E-state index contributed by atoms with van der Waals surface area (Å²) in [4.78, 5) is 28.5. The molecule has 0 aliphatic carbocycles. The standard InChI is InChI=1S/C21H25N3O2/c1-23(2)18-12-10-16(11-13-18)14-22-20(25)15-24-19-8-4-3-6-17(19)7-5-9-21(24)26/h3-4,6,8,10-13H,5,7,9,14-15H2,1-2H3,(H,22,25). The molecule has 0 atom stereocenters. The molecule has 2 aromatic carbocycles. The van der Waals surface area contributed by atoms with Gasteiger partial charge in [0.2, 0.25) is 11.8 Å². The lowest BCUT2D eigenvalue weighted by Gasteiger charge is -2.22. The number of nitrogens with zero attached hydrogens (tertiary/aromatic N) is 2. The molecule has 1 N–H and O–H groups in total. The molecule has 26 heavy (non-hydrogen) atoms. The molecule has 1 aliphatic rings. The van der Waals surface area contributed by atoms with E-state index < -0.39 is 0 Å². The number of amides is 2. The molecular weight excluding hydrogens is 326 g/mol. The van der Waals surface area contributed by atoms with Gasteiger partial charge in [-0.2, -0.15) is 0 Å². The van der Waals surface area contributed by atoms with Crippen LogP contribution >= 0.6 is 0 Å². The summed E-state index contributed by atoms with van der Waals surface area (Å²) in [5, 5.41) is 2.92. The maximum Gasteiger partial charge on any atom is 0.240 e. The highest BCUT2D eigenvalue weighted by Crippen LogP contribution is 2.26. The Bertz CT molecular complexity index is 784. The zero-order chi connectivity index (χ0) is 18.5. The molecule has 5 nitrogen and oxygen atoms in total. The van der Waals surface area contributed by atoms with Crippen LogP contribution in [0.3, 0.4) is 0 Å². The minimum absolute atomic E-state index is 0.0143. The minimum atomic E-state index is -0.147.